The van der Waals surface area contributed by atoms with E-state index in [1.165, 1.54) is 23.5 Å². The lowest BCUT2D eigenvalue weighted by Gasteiger charge is -2.16. The fourth-order valence-electron chi connectivity index (χ4n) is 1.07. The van der Waals surface area contributed by atoms with Crippen LogP contribution in [0.5, 0.6) is 0 Å². The van der Waals surface area contributed by atoms with Crippen molar-refractivity contribution in [2.24, 2.45) is 0 Å². The van der Waals surface area contributed by atoms with Gasteiger partial charge in [-0.3, -0.25) is 0 Å². The first-order valence-electron chi connectivity index (χ1n) is 4.41. The molecule has 15 heavy (non-hydrogen) atoms. The standard InChI is InChI=1S/C9H13ClN2O2S/c1-3-12(2)15(13,14)9-6-7(10)4-5-8(9)11/h4-6H,3,11H2,1-2H3. The van der Waals surface area contributed by atoms with Gasteiger partial charge in [0.1, 0.15) is 4.90 Å². The maximum Gasteiger partial charge on any atom is 0.244 e. The van der Waals surface area contributed by atoms with E-state index < -0.39 is 10.0 Å². The third-order valence-electron chi connectivity index (χ3n) is 2.11. The predicted molar refractivity (Wildman–Crippen MR) is 61.4 cm³/mol. The molecule has 2 N–H and O–H groups in total. The average Bonchev–Trinajstić information content (AvgIpc) is 2.20. The second-order valence-corrected chi connectivity index (χ2v) is 5.55. The highest BCUT2D eigenvalue weighted by atomic mass is 35.5. The van der Waals surface area contributed by atoms with E-state index in [-0.39, 0.29) is 10.6 Å². The van der Waals surface area contributed by atoms with Gasteiger partial charge in [-0.2, -0.15) is 0 Å². The fourth-order valence-corrected chi connectivity index (χ4v) is 2.62. The molecule has 0 aromatic heterocycles. The Bertz CT molecular complexity index is 459. The van der Waals surface area contributed by atoms with Crippen LogP contribution in [0.1, 0.15) is 6.92 Å². The number of rotatable bonds is 3. The van der Waals surface area contributed by atoms with Crippen molar-refractivity contribution in [3.05, 3.63) is 23.2 Å². The summed E-state index contributed by atoms with van der Waals surface area (Å²) in [4.78, 5) is 0.0550. The summed E-state index contributed by atoms with van der Waals surface area (Å²) in [5.41, 5.74) is 5.81. The number of hydrogen-bond donors (Lipinski definition) is 1. The number of nitrogen functional groups attached to an aromatic ring is 1. The van der Waals surface area contributed by atoms with E-state index >= 15 is 0 Å². The summed E-state index contributed by atoms with van der Waals surface area (Å²) in [5.74, 6) is 0. The normalized spacial score (nSPS) is 12.0. The van der Waals surface area contributed by atoms with E-state index in [0.29, 0.717) is 11.6 Å². The third-order valence-corrected chi connectivity index (χ3v) is 4.33. The van der Waals surface area contributed by atoms with Crippen LogP contribution in [-0.2, 0) is 10.0 Å². The summed E-state index contributed by atoms with van der Waals surface area (Å²) in [6, 6.07) is 4.40. The van der Waals surface area contributed by atoms with Crippen LogP contribution in [0.2, 0.25) is 5.02 Å². The Labute approximate surface area is 94.7 Å². The van der Waals surface area contributed by atoms with Crippen molar-refractivity contribution in [2.45, 2.75) is 11.8 Å². The van der Waals surface area contributed by atoms with Crippen LogP contribution in [-0.4, -0.2) is 26.3 Å². The first-order valence-corrected chi connectivity index (χ1v) is 6.22. The molecule has 1 aromatic rings. The molecular formula is C9H13ClN2O2S. The number of nitrogens with two attached hydrogens (primary N) is 1. The third kappa shape index (κ3) is 2.42. The van der Waals surface area contributed by atoms with Gasteiger partial charge >= 0.3 is 0 Å². The minimum Gasteiger partial charge on any atom is -0.398 e. The Morgan fingerprint density at radius 1 is 1.47 bits per heavy atom. The number of hydrogen-bond acceptors (Lipinski definition) is 3. The molecule has 0 saturated heterocycles. The summed E-state index contributed by atoms with van der Waals surface area (Å²) in [6.07, 6.45) is 0. The van der Waals surface area contributed by atoms with Gasteiger partial charge < -0.3 is 5.73 Å². The number of sulfonamides is 1. The van der Waals surface area contributed by atoms with E-state index in [1.807, 2.05) is 0 Å². The van der Waals surface area contributed by atoms with Gasteiger partial charge in [-0.25, -0.2) is 12.7 Å². The maximum absolute atomic E-state index is 11.9. The Balaban J connectivity index is 3.33. The molecule has 0 radical (unpaired) electrons. The lowest BCUT2D eigenvalue weighted by atomic mass is 10.3. The second kappa shape index (κ2) is 4.38. The maximum atomic E-state index is 11.9. The molecule has 4 nitrogen and oxygen atoms in total. The average molecular weight is 249 g/mol. The Morgan fingerprint density at radius 2 is 2.07 bits per heavy atom. The molecule has 0 unspecified atom stereocenters. The molecule has 0 heterocycles. The van der Waals surface area contributed by atoms with Gasteiger partial charge in [-0.05, 0) is 18.2 Å². The minimum absolute atomic E-state index is 0.0550. The molecular weight excluding hydrogens is 236 g/mol. The molecule has 1 aromatic carbocycles. The van der Waals surface area contributed by atoms with Crippen molar-refractivity contribution in [3.8, 4) is 0 Å². The van der Waals surface area contributed by atoms with Gasteiger partial charge in [0, 0.05) is 18.6 Å². The summed E-state index contributed by atoms with van der Waals surface area (Å²) in [5, 5.41) is 0.354. The Hall–Kier alpha value is -0.780. The SMILES string of the molecule is CCN(C)S(=O)(=O)c1cc(Cl)ccc1N. The van der Waals surface area contributed by atoms with Crippen molar-refractivity contribution in [1.29, 1.82) is 0 Å². The van der Waals surface area contributed by atoms with Crippen LogP contribution >= 0.6 is 11.6 Å². The van der Waals surface area contributed by atoms with E-state index in [2.05, 4.69) is 0 Å². The Kier molecular flexibility index (Phi) is 3.59. The van der Waals surface area contributed by atoms with Crippen LogP contribution in [0.4, 0.5) is 5.69 Å². The van der Waals surface area contributed by atoms with Crippen LogP contribution in [0.25, 0.3) is 0 Å². The molecule has 0 aliphatic carbocycles. The van der Waals surface area contributed by atoms with Crippen molar-refractivity contribution in [3.63, 3.8) is 0 Å². The van der Waals surface area contributed by atoms with E-state index in [9.17, 15) is 8.42 Å². The molecule has 0 amide bonds. The monoisotopic (exact) mass is 248 g/mol. The topological polar surface area (TPSA) is 63.4 Å². The quantitative estimate of drug-likeness (QED) is 0.826. The zero-order chi connectivity index (χ0) is 11.6. The highest BCUT2D eigenvalue weighted by Crippen LogP contribution is 2.24. The molecule has 84 valence electrons. The molecule has 0 spiro atoms. The van der Waals surface area contributed by atoms with Gasteiger partial charge in [0.25, 0.3) is 0 Å². The van der Waals surface area contributed by atoms with Gasteiger partial charge in [0.05, 0.1) is 5.69 Å². The molecule has 1 rings (SSSR count). The molecule has 0 bridgehead atoms. The number of halogens is 1. The predicted octanol–water partition coefficient (Wildman–Crippen LogP) is 1.56. The molecule has 0 aliphatic rings. The van der Waals surface area contributed by atoms with Gasteiger partial charge in [-0.15, -0.1) is 0 Å². The Morgan fingerprint density at radius 3 is 2.60 bits per heavy atom. The zero-order valence-corrected chi connectivity index (χ0v) is 10.1. The minimum atomic E-state index is -3.52. The molecule has 0 fully saturated rings. The lowest BCUT2D eigenvalue weighted by molar-refractivity contribution is 0.487. The van der Waals surface area contributed by atoms with Crippen LogP contribution in [0.15, 0.2) is 23.1 Å². The molecule has 6 heteroatoms. The highest BCUT2D eigenvalue weighted by Gasteiger charge is 2.22. The lowest BCUT2D eigenvalue weighted by Crippen LogP contribution is -2.27. The number of benzene rings is 1. The molecule has 0 saturated carbocycles. The van der Waals surface area contributed by atoms with E-state index in [4.69, 9.17) is 17.3 Å². The van der Waals surface area contributed by atoms with Crippen molar-refractivity contribution in [2.75, 3.05) is 19.3 Å². The first-order chi connectivity index (χ1) is 6.89. The highest BCUT2D eigenvalue weighted by molar-refractivity contribution is 7.89. The zero-order valence-electron chi connectivity index (χ0n) is 8.57. The largest absolute Gasteiger partial charge is 0.398 e. The first kappa shape index (κ1) is 12.3. The van der Waals surface area contributed by atoms with Crippen LogP contribution < -0.4 is 5.73 Å². The van der Waals surface area contributed by atoms with Gasteiger partial charge in [-0.1, -0.05) is 18.5 Å². The van der Waals surface area contributed by atoms with Gasteiger partial charge in [0.2, 0.25) is 10.0 Å². The van der Waals surface area contributed by atoms with Crippen molar-refractivity contribution < 1.29 is 8.42 Å². The summed E-state index contributed by atoms with van der Waals surface area (Å²) < 4.78 is 25.1. The van der Waals surface area contributed by atoms with Crippen LogP contribution in [0.3, 0.4) is 0 Å². The summed E-state index contributed by atoms with van der Waals surface area (Å²) in [6.45, 7) is 2.13. The number of nitrogens with zero attached hydrogens (tertiary/aromatic N) is 1. The second-order valence-electron chi connectivity index (χ2n) is 3.10. The summed E-state index contributed by atoms with van der Waals surface area (Å²) in [7, 11) is -2.02. The number of anilines is 1. The summed E-state index contributed by atoms with van der Waals surface area (Å²) >= 11 is 5.73. The van der Waals surface area contributed by atoms with E-state index in [1.54, 1.807) is 13.0 Å². The molecule has 0 atom stereocenters. The van der Waals surface area contributed by atoms with Crippen molar-refractivity contribution >= 4 is 27.3 Å². The molecule has 0 aliphatic heterocycles. The van der Waals surface area contributed by atoms with E-state index in [0.717, 1.165) is 0 Å². The smallest absolute Gasteiger partial charge is 0.244 e. The van der Waals surface area contributed by atoms with Gasteiger partial charge in [0.15, 0.2) is 0 Å². The fraction of sp³-hybridized carbons (Fsp3) is 0.333. The van der Waals surface area contributed by atoms with Crippen LogP contribution in [0, 0.1) is 0 Å². The van der Waals surface area contributed by atoms with Crippen molar-refractivity contribution in [1.82, 2.24) is 4.31 Å².